The third-order valence-corrected chi connectivity index (χ3v) is 5.70. The van der Waals surface area contributed by atoms with Crippen LogP contribution in [0, 0.1) is 5.41 Å². The van der Waals surface area contributed by atoms with Crippen LogP contribution in [0.15, 0.2) is 87.3 Å². The van der Waals surface area contributed by atoms with Crippen molar-refractivity contribution in [3.05, 3.63) is 87.9 Å². The first-order valence-electron chi connectivity index (χ1n) is 9.40. The molecule has 0 bridgehead atoms. The summed E-state index contributed by atoms with van der Waals surface area (Å²) in [6, 6.07) is 9.98. The van der Waals surface area contributed by atoms with Gasteiger partial charge in [0.1, 0.15) is 17.3 Å². The standard InChI is InChI=1S/C23H17Cl2F2N3O/c1-23-8-7-20(14-4-3-9-28-13-14)30-21(17(23)11-18(24)19(25)12-23)29-15-5-2-6-16(10-15)31-22(26)27/h2-6,8-11,13,22H,12H2,1H3,(H,29,30). The van der Waals surface area contributed by atoms with Crippen LogP contribution < -0.4 is 10.1 Å². The molecule has 1 aliphatic carbocycles. The smallest absolute Gasteiger partial charge is 0.387 e. The number of allylic oxidation sites excluding steroid dienone is 4. The molecule has 0 saturated heterocycles. The van der Waals surface area contributed by atoms with E-state index in [0.29, 0.717) is 33.7 Å². The lowest BCUT2D eigenvalue weighted by Gasteiger charge is -2.32. The SMILES string of the molecule is CC12C=C=C(c3cccnc3)N=C(Nc3cccc(OC(F)F)c3)C1=CC(Cl)=C(Cl)C2. The van der Waals surface area contributed by atoms with Gasteiger partial charge in [0.2, 0.25) is 0 Å². The molecule has 4 nitrogen and oxygen atoms in total. The van der Waals surface area contributed by atoms with Gasteiger partial charge in [-0.3, -0.25) is 4.98 Å². The normalized spacial score (nSPS) is 20.5. The van der Waals surface area contributed by atoms with Crippen LogP contribution in [-0.2, 0) is 0 Å². The zero-order chi connectivity index (χ0) is 22.0. The number of benzene rings is 1. The highest BCUT2D eigenvalue weighted by Gasteiger charge is 2.36. The Morgan fingerprint density at radius 3 is 2.81 bits per heavy atom. The molecular formula is C23H17Cl2F2N3O. The third kappa shape index (κ3) is 4.72. The number of aliphatic imine (C=N–C) groups is 1. The van der Waals surface area contributed by atoms with Gasteiger partial charge in [-0.25, -0.2) is 4.99 Å². The van der Waals surface area contributed by atoms with Gasteiger partial charge in [-0.05, 0) is 42.8 Å². The van der Waals surface area contributed by atoms with E-state index < -0.39 is 12.0 Å². The van der Waals surface area contributed by atoms with Crippen LogP contribution in [0.5, 0.6) is 5.75 Å². The fourth-order valence-corrected chi connectivity index (χ4v) is 3.91. The van der Waals surface area contributed by atoms with Crippen molar-refractivity contribution in [1.29, 1.82) is 0 Å². The zero-order valence-corrected chi connectivity index (χ0v) is 17.9. The van der Waals surface area contributed by atoms with Crippen molar-refractivity contribution in [3.63, 3.8) is 0 Å². The van der Waals surface area contributed by atoms with Crippen LogP contribution in [0.4, 0.5) is 14.5 Å². The monoisotopic (exact) mass is 459 g/mol. The number of anilines is 1. The van der Waals surface area contributed by atoms with E-state index in [1.54, 1.807) is 30.6 Å². The molecule has 1 aromatic carbocycles. The van der Waals surface area contributed by atoms with E-state index >= 15 is 0 Å². The Morgan fingerprint density at radius 2 is 2.06 bits per heavy atom. The molecule has 0 spiro atoms. The van der Waals surface area contributed by atoms with Crippen molar-refractivity contribution >= 4 is 40.4 Å². The highest BCUT2D eigenvalue weighted by atomic mass is 35.5. The number of alkyl halides is 2. The topological polar surface area (TPSA) is 46.5 Å². The fraction of sp³-hybridized carbons (Fsp3) is 0.174. The van der Waals surface area contributed by atoms with E-state index in [1.807, 2.05) is 25.1 Å². The maximum absolute atomic E-state index is 12.6. The van der Waals surface area contributed by atoms with Crippen LogP contribution in [0.3, 0.4) is 0 Å². The molecule has 1 unspecified atom stereocenters. The number of ether oxygens (including phenoxy) is 1. The summed E-state index contributed by atoms with van der Waals surface area (Å²) in [6.07, 6.45) is 7.53. The number of fused-ring (bicyclic) bond motifs is 1. The molecule has 4 rings (SSSR count). The lowest BCUT2D eigenvalue weighted by atomic mass is 9.75. The van der Waals surface area contributed by atoms with Gasteiger partial charge in [-0.15, -0.1) is 0 Å². The molecule has 0 fully saturated rings. The third-order valence-electron chi connectivity index (χ3n) is 4.93. The molecule has 8 heteroatoms. The van der Waals surface area contributed by atoms with Crippen LogP contribution >= 0.6 is 23.2 Å². The number of nitrogens with zero attached hydrogens (tertiary/aromatic N) is 2. The van der Waals surface area contributed by atoms with E-state index in [0.717, 1.165) is 11.1 Å². The molecule has 31 heavy (non-hydrogen) atoms. The van der Waals surface area contributed by atoms with Gasteiger partial charge in [0.25, 0.3) is 0 Å². The Morgan fingerprint density at radius 1 is 1.23 bits per heavy atom. The Hall–Kier alpha value is -2.92. The minimum Gasteiger partial charge on any atom is -0.435 e. The van der Waals surface area contributed by atoms with E-state index in [1.165, 1.54) is 12.1 Å². The Labute approximate surface area is 188 Å². The van der Waals surface area contributed by atoms with Crippen molar-refractivity contribution in [3.8, 4) is 5.75 Å². The number of aromatic nitrogens is 1. The average Bonchev–Trinajstić information content (AvgIpc) is 2.86. The molecule has 158 valence electrons. The van der Waals surface area contributed by atoms with Gasteiger partial charge in [0.15, 0.2) is 0 Å². The first-order valence-corrected chi connectivity index (χ1v) is 10.2. The minimum absolute atomic E-state index is 0.0386. The summed E-state index contributed by atoms with van der Waals surface area (Å²) in [5.74, 6) is 0.538. The number of hydrogen-bond acceptors (Lipinski definition) is 4. The first kappa shape index (κ1) is 21.3. The van der Waals surface area contributed by atoms with Crippen molar-refractivity contribution in [2.45, 2.75) is 20.0 Å². The molecule has 2 aromatic rings. The van der Waals surface area contributed by atoms with Crippen molar-refractivity contribution < 1.29 is 13.5 Å². The van der Waals surface area contributed by atoms with Gasteiger partial charge in [0.05, 0.1) is 5.03 Å². The number of rotatable bonds is 4. The number of halogens is 4. The summed E-state index contributed by atoms with van der Waals surface area (Å²) in [5, 5.41) is 4.20. The summed E-state index contributed by atoms with van der Waals surface area (Å²) >= 11 is 12.7. The van der Waals surface area contributed by atoms with E-state index in [2.05, 4.69) is 20.8 Å². The van der Waals surface area contributed by atoms with Crippen LogP contribution in [0.1, 0.15) is 18.9 Å². The molecular weight excluding hydrogens is 443 g/mol. The van der Waals surface area contributed by atoms with Gasteiger partial charge < -0.3 is 10.1 Å². The van der Waals surface area contributed by atoms with Gasteiger partial charge >= 0.3 is 6.61 Å². The maximum atomic E-state index is 12.6. The summed E-state index contributed by atoms with van der Waals surface area (Å²) < 4.78 is 29.8. The van der Waals surface area contributed by atoms with Crippen LogP contribution in [0.2, 0.25) is 0 Å². The quantitative estimate of drug-likeness (QED) is 0.515. The van der Waals surface area contributed by atoms with Gasteiger partial charge in [-0.1, -0.05) is 41.9 Å². The predicted octanol–water partition coefficient (Wildman–Crippen LogP) is 6.73. The second-order valence-corrected chi connectivity index (χ2v) is 8.14. The summed E-state index contributed by atoms with van der Waals surface area (Å²) in [6.45, 7) is -0.901. The molecule has 2 heterocycles. The number of amidine groups is 1. The Bertz CT molecular complexity index is 1170. The molecule has 2 aliphatic rings. The largest absolute Gasteiger partial charge is 0.435 e. The predicted molar refractivity (Wildman–Crippen MR) is 119 cm³/mol. The number of hydrogen-bond donors (Lipinski definition) is 1. The number of pyridine rings is 1. The Kier molecular flexibility index (Phi) is 5.96. The van der Waals surface area contributed by atoms with Crippen LogP contribution in [-0.4, -0.2) is 17.4 Å². The summed E-state index contributed by atoms with van der Waals surface area (Å²) in [4.78, 5) is 8.93. The highest BCUT2D eigenvalue weighted by Crippen LogP contribution is 2.45. The fourth-order valence-electron chi connectivity index (χ4n) is 3.40. The second kappa shape index (κ2) is 8.67. The molecule has 1 aliphatic heterocycles. The van der Waals surface area contributed by atoms with Crippen molar-refractivity contribution in [1.82, 2.24) is 4.98 Å². The van der Waals surface area contributed by atoms with Crippen molar-refractivity contribution in [2.24, 2.45) is 10.4 Å². The lowest BCUT2D eigenvalue weighted by Crippen LogP contribution is -2.29. The molecule has 0 saturated carbocycles. The zero-order valence-electron chi connectivity index (χ0n) is 16.4. The lowest BCUT2D eigenvalue weighted by molar-refractivity contribution is -0.0497. The van der Waals surface area contributed by atoms with E-state index in [-0.39, 0.29) is 5.75 Å². The number of nitrogens with one attached hydrogen (secondary N) is 1. The van der Waals surface area contributed by atoms with E-state index in [4.69, 9.17) is 28.2 Å². The highest BCUT2D eigenvalue weighted by molar-refractivity contribution is 6.41. The Balaban J connectivity index is 1.81. The first-order chi connectivity index (χ1) is 14.8. The van der Waals surface area contributed by atoms with E-state index in [9.17, 15) is 8.78 Å². The molecule has 0 amide bonds. The molecule has 0 radical (unpaired) electrons. The second-order valence-electron chi connectivity index (χ2n) is 7.28. The van der Waals surface area contributed by atoms with Gasteiger partial charge in [-0.2, -0.15) is 8.78 Å². The maximum Gasteiger partial charge on any atom is 0.387 e. The molecule has 1 N–H and O–H groups in total. The average molecular weight is 460 g/mol. The molecule has 1 aromatic heterocycles. The van der Waals surface area contributed by atoms with Crippen LogP contribution in [0.25, 0.3) is 5.70 Å². The molecule has 1 atom stereocenters. The summed E-state index contributed by atoms with van der Waals surface area (Å²) in [5.41, 5.74) is 5.41. The summed E-state index contributed by atoms with van der Waals surface area (Å²) in [7, 11) is 0. The minimum atomic E-state index is -2.91. The van der Waals surface area contributed by atoms with Crippen molar-refractivity contribution in [2.75, 3.05) is 5.32 Å². The van der Waals surface area contributed by atoms with Gasteiger partial charge in [0, 0.05) is 45.7 Å².